The van der Waals surface area contributed by atoms with Crippen LogP contribution in [0.25, 0.3) is 0 Å². The van der Waals surface area contributed by atoms with E-state index in [1.165, 1.54) is 11.1 Å². The van der Waals surface area contributed by atoms with Crippen LogP contribution in [-0.2, 0) is 19.6 Å². The number of rotatable bonds is 6. The van der Waals surface area contributed by atoms with Gasteiger partial charge in [-0.3, -0.25) is 9.89 Å². The van der Waals surface area contributed by atoms with Gasteiger partial charge in [0.1, 0.15) is 5.76 Å². The van der Waals surface area contributed by atoms with Crippen molar-refractivity contribution in [1.29, 1.82) is 0 Å². The monoisotopic (exact) mass is 512 g/mol. The average molecular weight is 512 g/mol. The highest BCUT2D eigenvalue weighted by Crippen LogP contribution is 2.10. The van der Waals surface area contributed by atoms with Gasteiger partial charge in [0.05, 0.1) is 12.2 Å². The third kappa shape index (κ3) is 7.27. The topological polar surface area (TPSA) is 68.9 Å². The van der Waals surface area contributed by atoms with E-state index in [-0.39, 0.29) is 24.0 Å². The van der Waals surface area contributed by atoms with E-state index in [1.54, 1.807) is 7.05 Å². The maximum atomic E-state index is 5.59. The third-order valence-corrected chi connectivity index (χ3v) is 5.19. The van der Waals surface area contributed by atoms with Crippen molar-refractivity contribution in [2.45, 2.75) is 33.5 Å². The molecule has 1 aliphatic rings. The molecule has 1 aliphatic heterocycles. The molecule has 2 N–H and O–H groups in total. The molecule has 1 aromatic heterocycles. The highest BCUT2D eigenvalue weighted by atomic mass is 127. The molecular weight excluding hydrogens is 479 g/mol. The fraction of sp³-hybridized carbons (Fsp3) is 0.524. The zero-order valence-electron chi connectivity index (χ0n) is 17.9. The second kappa shape index (κ2) is 11.5. The molecule has 29 heavy (non-hydrogen) atoms. The summed E-state index contributed by atoms with van der Waals surface area (Å²) in [5.74, 6) is 2.26. The molecule has 8 heteroatoms. The number of likely N-dealkylation sites (N-methyl/N-ethyl adjacent to an activating group) is 1. The summed E-state index contributed by atoms with van der Waals surface area (Å²) in [6.07, 6.45) is 0. The van der Waals surface area contributed by atoms with Crippen LogP contribution < -0.4 is 10.6 Å². The zero-order chi connectivity index (χ0) is 19.9. The fourth-order valence-corrected chi connectivity index (χ4v) is 3.21. The minimum Gasteiger partial charge on any atom is -0.444 e. The smallest absolute Gasteiger partial charge is 0.214 e. The van der Waals surface area contributed by atoms with E-state index in [1.807, 2.05) is 13.8 Å². The lowest BCUT2D eigenvalue weighted by molar-refractivity contribution is 0.148. The largest absolute Gasteiger partial charge is 0.444 e. The van der Waals surface area contributed by atoms with E-state index in [4.69, 9.17) is 4.42 Å². The molecule has 2 aromatic rings. The fourth-order valence-electron chi connectivity index (χ4n) is 3.21. The van der Waals surface area contributed by atoms with Crippen molar-refractivity contribution in [3.05, 3.63) is 52.7 Å². The Hall–Kier alpha value is -1.65. The van der Waals surface area contributed by atoms with E-state index in [2.05, 4.69) is 61.7 Å². The Labute approximate surface area is 191 Å². The Morgan fingerprint density at radius 2 is 1.66 bits per heavy atom. The first-order valence-electron chi connectivity index (χ1n) is 9.89. The van der Waals surface area contributed by atoms with Crippen LogP contribution in [0, 0.1) is 13.8 Å². The average Bonchev–Trinajstić information content (AvgIpc) is 3.02. The number of halogens is 1. The van der Waals surface area contributed by atoms with E-state index in [0.717, 1.165) is 56.7 Å². The number of nitrogens with one attached hydrogen (secondary N) is 2. The molecule has 0 aliphatic carbocycles. The van der Waals surface area contributed by atoms with Gasteiger partial charge in [0.15, 0.2) is 5.96 Å². The number of hydrogen-bond donors (Lipinski definition) is 2. The van der Waals surface area contributed by atoms with Crippen LogP contribution >= 0.6 is 24.0 Å². The van der Waals surface area contributed by atoms with Crippen molar-refractivity contribution in [1.82, 2.24) is 25.4 Å². The van der Waals surface area contributed by atoms with Gasteiger partial charge in [0.2, 0.25) is 5.89 Å². The molecule has 0 saturated carbocycles. The van der Waals surface area contributed by atoms with Crippen LogP contribution in [-0.4, -0.2) is 61.0 Å². The van der Waals surface area contributed by atoms with Crippen molar-refractivity contribution in [3.8, 4) is 0 Å². The summed E-state index contributed by atoms with van der Waals surface area (Å²) in [6.45, 7) is 10.7. The Kier molecular flexibility index (Phi) is 9.38. The predicted molar refractivity (Wildman–Crippen MR) is 128 cm³/mol. The normalized spacial score (nSPS) is 15.8. The van der Waals surface area contributed by atoms with E-state index in [0.29, 0.717) is 12.4 Å². The van der Waals surface area contributed by atoms with Gasteiger partial charge in [-0.25, -0.2) is 4.98 Å². The van der Waals surface area contributed by atoms with Crippen LogP contribution in [0.4, 0.5) is 0 Å². The van der Waals surface area contributed by atoms with Gasteiger partial charge >= 0.3 is 0 Å². The molecule has 0 radical (unpaired) electrons. The van der Waals surface area contributed by atoms with Gasteiger partial charge < -0.3 is 20.0 Å². The molecule has 160 valence electrons. The van der Waals surface area contributed by atoms with Crippen molar-refractivity contribution in [3.63, 3.8) is 0 Å². The predicted octanol–water partition coefficient (Wildman–Crippen LogP) is 2.52. The number of benzene rings is 1. The Morgan fingerprint density at radius 1 is 1.03 bits per heavy atom. The first-order valence-corrected chi connectivity index (χ1v) is 9.89. The van der Waals surface area contributed by atoms with Gasteiger partial charge in [0, 0.05) is 46.3 Å². The second-order valence-corrected chi connectivity index (χ2v) is 7.42. The molecule has 1 aromatic carbocycles. The summed E-state index contributed by atoms with van der Waals surface area (Å²) < 4.78 is 5.59. The summed E-state index contributed by atoms with van der Waals surface area (Å²) >= 11 is 0. The summed E-state index contributed by atoms with van der Waals surface area (Å²) in [7, 11) is 3.95. The number of nitrogens with zero attached hydrogens (tertiary/aromatic N) is 4. The summed E-state index contributed by atoms with van der Waals surface area (Å²) in [6, 6.07) is 8.83. The third-order valence-electron chi connectivity index (χ3n) is 5.19. The second-order valence-electron chi connectivity index (χ2n) is 7.42. The Balaban J connectivity index is 0.00000300. The molecular formula is C21H33IN6O. The lowest BCUT2D eigenvalue weighted by Crippen LogP contribution is -2.43. The SMILES string of the molecule is CN=C(NCc1ccc(CN2CCN(C)CC2)cc1)NCc1nc(C)c(C)o1.I. The Morgan fingerprint density at radius 3 is 2.24 bits per heavy atom. The maximum absolute atomic E-state index is 5.59. The number of piperazine rings is 1. The number of aromatic nitrogens is 1. The van der Waals surface area contributed by atoms with Crippen LogP contribution in [0.15, 0.2) is 33.7 Å². The van der Waals surface area contributed by atoms with Gasteiger partial charge in [0.25, 0.3) is 0 Å². The van der Waals surface area contributed by atoms with Gasteiger partial charge in [-0.15, -0.1) is 24.0 Å². The van der Waals surface area contributed by atoms with Crippen LogP contribution in [0.2, 0.25) is 0 Å². The van der Waals surface area contributed by atoms with E-state index < -0.39 is 0 Å². The highest BCUT2D eigenvalue weighted by molar-refractivity contribution is 14.0. The molecule has 0 bridgehead atoms. The number of guanidine groups is 1. The summed E-state index contributed by atoms with van der Waals surface area (Å²) in [5, 5.41) is 6.57. The highest BCUT2D eigenvalue weighted by Gasteiger charge is 2.13. The Bertz CT molecular complexity index is 761. The van der Waals surface area contributed by atoms with Crippen LogP contribution in [0.3, 0.4) is 0 Å². The molecule has 3 rings (SSSR count). The first-order chi connectivity index (χ1) is 13.5. The number of aryl methyl sites for hydroxylation is 2. The van der Waals surface area contributed by atoms with E-state index >= 15 is 0 Å². The van der Waals surface area contributed by atoms with Gasteiger partial charge in [-0.2, -0.15) is 0 Å². The number of hydrogen-bond acceptors (Lipinski definition) is 5. The molecule has 0 atom stereocenters. The minimum atomic E-state index is 0. The van der Waals surface area contributed by atoms with Gasteiger partial charge in [-0.1, -0.05) is 24.3 Å². The van der Waals surface area contributed by atoms with Crippen molar-refractivity contribution in [2.24, 2.45) is 4.99 Å². The number of aliphatic imine (C=N–C) groups is 1. The molecule has 2 heterocycles. The molecule has 1 fully saturated rings. The quantitative estimate of drug-likeness (QED) is 0.353. The van der Waals surface area contributed by atoms with Crippen LogP contribution in [0.5, 0.6) is 0 Å². The molecule has 0 spiro atoms. The summed E-state index contributed by atoms with van der Waals surface area (Å²) in [5.41, 5.74) is 3.52. The van der Waals surface area contributed by atoms with Crippen molar-refractivity contribution < 1.29 is 4.42 Å². The van der Waals surface area contributed by atoms with Gasteiger partial charge in [-0.05, 0) is 32.0 Å². The minimum absolute atomic E-state index is 0. The molecule has 7 nitrogen and oxygen atoms in total. The summed E-state index contributed by atoms with van der Waals surface area (Å²) in [4.78, 5) is 13.5. The molecule has 0 amide bonds. The standard InChI is InChI=1S/C21H32N6O.HI/c1-16-17(2)28-20(25-16)14-24-21(22-3)23-13-18-5-7-19(8-6-18)15-27-11-9-26(4)10-12-27;/h5-8H,9-15H2,1-4H3,(H2,22,23,24);1H. The van der Waals surface area contributed by atoms with Crippen molar-refractivity contribution in [2.75, 3.05) is 40.3 Å². The first kappa shape index (κ1) is 23.6. The lowest BCUT2D eigenvalue weighted by Gasteiger charge is -2.32. The number of oxazole rings is 1. The molecule has 0 unspecified atom stereocenters. The van der Waals surface area contributed by atoms with Crippen LogP contribution in [0.1, 0.15) is 28.5 Å². The molecule has 1 saturated heterocycles. The maximum Gasteiger partial charge on any atom is 0.214 e. The zero-order valence-corrected chi connectivity index (χ0v) is 20.2. The lowest BCUT2D eigenvalue weighted by atomic mass is 10.1. The van der Waals surface area contributed by atoms with Crippen molar-refractivity contribution >= 4 is 29.9 Å². The van der Waals surface area contributed by atoms with E-state index in [9.17, 15) is 0 Å².